The SMILES string of the molecule is COC[C@H](O)[C@H]1O[C@@H]2OC(C)(C)O[C@@H]2[C@H]2OC(C)(C)O[C@H]21. The smallest absolute Gasteiger partial charge is 0.190 e. The third-order valence-corrected chi connectivity index (χ3v) is 3.91. The highest BCUT2D eigenvalue weighted by molar-refractivity contribution is 5.01. The monoisotopic (exact) mass is 304 g/mol. The Morgan fingerprint density at radius 2 is 1.52 bits per heavy atom. The van der Waals surface area contributed by atoms with E-state index in [1.54, 1.807) is 0 Å². The predicted octanol–water partition coefficient (Wildman–Crippen LogP) is 0.390. The Bertz CT molecular complexity index is 397. The molecule has 0 aromatic rings. The first-order valence-corrected chi connectivity index (χ1v) is 7.26. The highest BCUT2D eigenvalue weighted by Gasteiger charge is 2.61. The van der Waals surface area contributed by atoms with Crippen LogP contribution in [0.2, 0.25) is 0 Å². The quantitative estimate of drug-likeness (QED) is 0.808. The summed E-state index contributed by atoms with van der Waals surface area (Å²) >= 11 is 0. The van der Waals surface area contributed by atoms with Gasteiger partial charge < -0.3 is 33.5 Å². The van der Waals surface area contributed by atoms with Crippen molar-refractivity contribution in [3.05, 3.63) is 0 Å². The summed E-state index contributed by atoms with van der Waals surface area (Å²) in [7, 11) is 1.53. The maximum absolute atomic E-state index is 10.3. The van der Waals surface area contributed by atoms with Gasteiger partial charge in [-0.3, -0.25) is 0 Å². The van der Waals surface area contributed by atoms with Gasteiger partial charge in [-0.05, 0) is 27.7 Å². The Hall–Kier alpha value is -0.280. The van der Waals surface area contributed by atoms with Crippen LogP contribution in [0.5, 0.6) is 0 Å². The van der Waals surface area contributed by atoms with Crippen LogP contribution in [0.15, 0.2) is 0 Å². The van der Waals surface area contributed by atoms with Gasteiger partial charge in [-0.1, -0.05) is 0 Å². The highest BCUT2D eigenvalue weighted by Crippen LogP contribution is 2.44. The summed E-state index contributed by atoms with van der Waals surface area (Å²) in [6, 6.07) is 0. The van der Waals surface area contributed by atoms with Crippen LogP contribution in [0, 0.1) is 0 Å². The second kappa shape index (κ2) is 5.13. The van der Waals surface area contributed by atoms with E-state index in [0.717, 1.165) is 0 Å². The summed E-state index contributed by atoms with van der Waals surface area (Å²) in [5.74, 6) is -1.51. The summed E-state index contributed by atoms with van der Waals surface area (Å²) in [5, 5.41) is 10.3. The Balaban J connectivity index is 1.85. The number of rotatable bonds is 3. The molecule has 3 heterocycles. The number of fused-ring (bicyclic) bond motifs is 3. The number of methoxy groups -OCH3 is 1. The van der Waals surface area contributed by atoms with E-state index in [9.17, 15) is 5.11 Å². The lowest BCUT2D eigenvalue weighted by Gasteiger charge is -2.39. The first-order valence-electron chi connectivity index (χ1n) is 7.26. The van der Waals surface area contributed by atoms with E-state index in [1.165, 1.54) is 7.11 Å². The van der Waals surface area contributed by atoms with E-state index >= 15 is 0 Å². The van der Waals surface area contributed by atoms with Crippen LogP contribution in [-0.4, -0.2) is 67.2 Å². The molecule has 3 rings (SSSR count). The molecule has 0 spiro atoms. The molecular weight excluding hydrogens is 280 g/mol. The van der Waals surface area contributed by atoms with E-state index in [2.05, 4.69) is 0 Å². The van der Waals surface area contributed by atoms with Crippen molar-refractivity contribution < 1.29 is 33.5 Å². The van der Waals surface area contributed by atoms with Crippen LogP contribution in [0.4, 0.5) is 0 Å². The van der Waals surface area contributed by atoms with Crippen molar-refractivity contribution >= 4 is 0 Å². The molecule has 6 atom stereocenters. The minimum absolute atomic E-state index is 0.152. The molecule has 7 nitrogen and oxygen atoms in total. The van der Waals surface area contributed by atoms with Crippen molar-refractivity contribution in [3.63, 3.8) is 0 Å². The van der Waals surface area contributed by atoms with E-state index in [0.29, 0.717) is 0 Å². The van der Waals surface area contributed by atoms with Crippen molar-refractivity contribution in [2.24, 2.45) is 0 Å². The molecule has 0 aromatic carbocycles. The van der Waals surface area contributed by atoms with Gasteiger partial charge in [0.15, 0.2) is 17.9 Å². The molecule has 122 valence electrons. The summed E-state index contributed by atoms with van der Waals surface area (Å²) in [5.41, 5.74) is 0. The lowest BCUT2D eigenvalue weighted by atomic mass is 9.96. The molecule has 3 fully saturated rings. The van der Waals surface area contributed by atoms with Crippen LogP contribution < -0.4 is 0 Å². The Morgan fingerprint density at radius 3 is 2.19 bits per heavy atom. The molecule has 7 heteroatoms. The maximum Gasteiger partial charge on any atom is 0.190 e. The van der Waals surface area contributed by atoms with Crippen molar-refractivity contribution in [1.82, 2.24) is 0 Å². The van der Waals surface area contributed by atoms with Crippen LogP contribution in [0.3, 0.4) is 0 Å². The fourth-order valence-corrected chi connectivity index (χ4v) is 3.22. The van der Waals surface area contributed by atoms with Crippen LogP contribution in [-0.2, 0) is 28.4 Å². The number of aliphatic hydroxyl groups is 1. The van der Waals surface area contributed by atoms with Crippen LogP contribution >= 0.6 is 0 Å². The maximum atomic E-state index is 10.3. The van der Waals surface area contributed by atoms with Crippen molar-refractivity contribution in [2.45, 2.75) is 76.1 Å². The molecule has 0 radical (unpaired) electrons. The molecule has 0 amide bonds. The molecule has 0 bridgehead atoms. The first-order chi connectivity index (χ1) is 9.72. The van der Waals surface area contributed by atoms with Gasteiger partial charge in [0.2, 0.25) is 0 Å². The summed E-state index contributed by atoms with van der Waals surface area (Å²) in [4.78, 5) is 0. The van der Waals surface area contributed by atoms with Gasteiger partial charge >= 0.3 is 0 Å². The molecule has 0 saturated carbocycles. The first kappa shape index (κ1) is 15.6. The van der Waals surface area contributed by atoms with Gasteiger partial charge in [-0.15, -0.1) is 0 Å². The van der Waals surface area contributed by atoms with E-state index < -0.39 is 36.2 Å². The van der Waals surface area contributed by atoms with Gasteiger partial charge in [0, 0.05) is 7.11 Å². The Morgan fingerprint density at radius 1 is 0.952 bits per heavy atom. The average Bonchev–Trinajstić information content (AvgIpc) is 2.82. The summed E-state index contributed by atoms with van der Waals surface area (Å²) in [6.07, 6.45) is -3.15. The van der Waals surface area contributed by atoms with Gasteiger partial charge in [0.1, 0.15) is 30.5 Å². The lowest BCUT2D eigenvalue weighted by Crippen LogP contribution is -2.59. The normalized spacial score (nSPS) is 45.1. The fourth-order valence-electron chi connectivity index (χ4n) is 3.22. The zero-order valence-corrected chi connectivity index (χ0v) is 13.1. The van der Waals surface area contributed by atoms with E-state index in [-0.39, 0.29) is 18.8 Å². The highest BCUT2D eigenvalue weighted by atomic mass is 16.9. The predicted molar refractivity (Wildman–Crippen MR) is 70.4 cm³/mol. The van der Waals surface area contributed by atoms with Gasteiger partial charge in [-0.2, -0.15) is 0 Å². The standard InChI is InChI=1S/C14H24O7/c1-13(2)18-9-8(7(15)6-16-5)17-12-11(10(9)19-13)20-14(3,4)21-12/h7-12,15H,6H2,1-5H3/t7-,8+,9-,10-,11+,12+/m0/s1. The second-order valence-electron chi connectivity index (χ2n) is 6.66. The summed E-state index contributed by atoms with van der Waals surface area (Å²) < 4.78 is 34.4. The molecule has 0 unspecified atom stereocenters. The fraction of sp³-hybridized carbons (Fsp3) is 1.00. The third-order valence-electron chi connectivity index (χ3n) is 3.91. The molecule has 21 heavy (non-hydrogen) atoms. The Labute approximate surface area is 124 Å². The molecular formula is C14H24O7. The Kier molecular flexibility index (Phi) is 3.81. The number of hydrogen-bond acceptors (Lipinski definition) is 7. The van der Waals surface area contributed by atoms with Crippen molar-refractivity contribution in [2.75, 3.05) is 13.7 Å². The van der Waals surface area contributed by atoms with Gasteiger partial charge in [-0.25, -0.2) is 0 Å². The molecule has 0 aromatic heterocycles. The molecule has 3 aliphatic rings. The van der Waals surface area contributed by atoms with Crippen molar-refractivity contribution in [1.29, 1.82) is 0 Å². The number of ether oxygens (including phenoxy) is 6. The number of aliphatic hydroxyl groups excluding tert-OH is 1. The minimum Gasteiger partial charge on any atom is -0.388 e. The largest absolute Gasteiger partial charge is 0.388 e. The van der Waals surface area contributed by atoms with Gasteiger partial charge in [0.25, 0.3) is 0 Å². The molecule has 3 saturated heterocycles. The van der Waals surface area contributed by atoms with Crippen LogP contribution in [0.25, 0.3) is 0 Å². The molecule has 0 aliphatic carbocycles. The van der Waals surface area contributed by atoms with Crippen molar-refractivity contribution in [3.8, 4) is 0 Å². The van der Waals surface area contributed by atoms with Crippen LogP contribution in [0.1, 0.15) is 27.7 Å². The zero-order chi connectivity index (χ0) is 15.4. The number of hydrogen-bond donors (Lipinski definition) is 1. The third kappa shape index (κ3) is 2.84. The average molecular weight is 304 g/mol. The lowest BCUT2D eigenvalue weighted by molar-refractivity contribution is -0.255. The molecule has 3 aliphatic heterocycles. The topological polar surface area (TPSA) is 75.6 Å². The van der Waals surface area contributed by atoms with Gasteiger partial charge in [0.05, 0.1) is 6.61 Å². The molecule has 1 N–H and O–H groups in total. The van der Waals surface area contributed by atoms with E-state index in [4.69, 9.17) is 28.4 Å². The minimum atomic E-state index is -0.826. The summed E-state index contributed by atoms with van der Waals surface area (Å²) in [6.45, 7) is 7.47. The second-order valence-corrected chi connectivity index (χ2v) is 6.66. The zero-order valence-electron chi connectivity index (χ0n) is 13.1. The van der Waals surface area contributed by atoms with E-state index in [1.807, 2.05) is 27.7 Å².